The first-order chi connectivity index (χ1) is 8.60. The highest BCUT2D eigenvalue weighted by atomic mass is 35.5. The Bertz CT molecular complexity index is 597. The first-order valence-electron chi connectivity index (χ1n) is 5.26. The maximum Gasteiger partial charge on any atom is 0.222 e. The summed E-state index contributed by atoms with van der Waals surface area (Å²) in [5.74, 6) is 0.573. The third-order valence-corrected chi connectivity index (χ3v) is 2.66. The summed E-state index contributed by atoms with van der Waals surface area (Å²) in [6.07, 6.45) is 2.70. The molecule has 4 N–H and O–H groups in total. The zero-order valence-corrected chi connectivity index (χ0v) is 10.5. The Labute approximate surface area is 110 Å². The molecular weight excluding hydrogens is 250 g/mol. The molecule has 0 saturated heterocycles. The molecule has 0 unspecified atom stereocenters. The Morgan fingerprint density at radius 2 is 2.22 bits per heavy atom. The van der Waals surface area contributed by atoms with Crippen LogP contribution in [-0.2, 0) is 0 Å². The molecule has 0 amide bonds. The number of nitrogens with one attached hydrogen (secondary N) is 2. The smallest absolute Gasteiger partial charge is 0.222 e. The second-order valence-electron chi connectivity index (χ2n) is 3.78. The average Bonchev–Trinajstić information content (AvgIpc) is 2.34. The Balaban J connectivity index is 2.41. The third kappa shape index (κ3) is 2.57. The van der Waals surface area contributed by atoms with Crippen molar-refractivity contribution in [3.63, 3.8) is 0 Å². The molecule has 0 saturated carbocycles. The van der Waals surface area contributed by atoms with Crippen molar-refractivity contribution in [2.45, 2.75) is 6.92 Å². The van der Waals surface area contributed by atoms with Gasteiger partial charge in [-0.2, -0.15) is 4.98 Å². The molecule has 0 atom stereocenters. The number of halogens is 1. The van der Waals surface area contributed by atoms with E-state index in [-0.39, 0.29) is 5.95 Å². The fourth-order valence-corrected chi connectivity index (χ4v) is 1.64. The number of aryl methyl sites for hydroxylation is 1. The Kier molecular flexibility index (Phi) is 3.43. The Hall–Kier alpha value is -2.14. The highest BCUT2D eigenvalue weighted by Gasteiger charge is 2.07. The summed E-state index contributed by atoms with van der Waals surface area (Å²) in [4.78, 5) is 7.81. The van der Waals surface area contributed by atoms with Gasteiger partial charge in [0.25, 0.3) is 0 Å². The van der Waals surface area contributed by atoms with Gasteiger partial charge in [-0.25, -0.2) is 4.98 Å². The predicted octanol–water partition coefficient (Wildman–Crippen LogP) is 2.76. The molecule has 0 bridgehead atoms. The lowest BCUT2D eigenvalue weighted by molar-refractivity contribution is 1.18. The van der Waals surface area contributed by atoms with Crippen LogP contribution in [-0.4, -0.2) is 16.2 Å². The molecule has 0 aliphatic carbocycles. The molecule has 18 heavy (non-hydrogen) atoms. The quantitative estimate of drug-likeness (QED) is 0.742. The van der Waals surface area contributed by atoms with Crippen molar-refractivity contribution < 1.29 is 0 Å². The maximum absolute atomic E-state index is 7.36. The molecular formula is C12H12ClN5. The van der Waals surface area contributed by atoms with E-state index in [2.05, 4.69) is 15.3 Å². The normalized spacial score (nSPS) is 10.1. The second-order valence-corrected chi connectivity index (χ2v) is 4.19. The summed E-state index contributed by atoms with van der Waals surface area (Å²) < 4.78 is 0. The fraction of sp³-hybridized carbons (Fsp3) is 0.0833. The SMILES string of the molecule is Cc1ccc(C=N)c(Nc2nc(N)ncc2Cl)c1. The standard InChI is InChI=1S/C12H12ClN5/c1-7-2-3-8(5-14)10(4-7)17-11-9(13)6-16-12(15)18-11/h2-6,14H,1H3,(H3,15,16,17,18). The zero-order chi connectivity index (χ0) is 13.1. The topological polar surface area (TPSA) is 87.7 Å². The van der Waals surface area contributed by atoms with Crippen LogP contribution in [0, 0.1) is 12.3 Å². The van der Waals surface area contributed by atoms with Gasteiger partial charge in [0.15, 0.2) is 5.82 Å². The summed E-state index contributed by atoms with van der Waals surface area (Å²) in [6, 6.07) is 5.69. The number of nitrogen functional groups attached to an aromatic ring is 1. The fourth-order valence-electron chi connectivity index (χ4n) is 1.50. The maximum atomic E-state index is 7.36. The summed E-state index contributed by atoms with van der Waals surface area (Å²) in [5.41, 5.74) is 8.09. The van der Waals surface area contributed by atoms with Crippen molar-refractivity contribution in [2.24, 2.45) is 0 Å². The van der Waals surface area contributed by atoms with E-state index in [1.54, 1.807) is 0 Å². The van der Waals surface area contributed by atoms with Crippen LogP contribution in [0.1, 0.15) is 11.1 Å². The average molecular weight is 262 g/mol. The van der Waals surface area contributed by atoms with Gasteiger partial charge in [0.05, 0.1) is 6.20 Å². The van der Waals surface area contributed by atoms with E-state index in [0.29, 0.717) is 10.8 Å². The number of nitrogens with zero attached hydrogens (tertiary/aromatic N) is 2. The molecule has 5 nitrogen and oxygen atoms in total. The van der Waals surface area contributed by atoms with Crippen molar-refractivity contribution in [2.75, 3.05) is 11.1 Å². The number of benzene rings is 1. The van der Waals surface area contributed by atoms with Crippen LogP contribution < -0.4 is 11.1 Å². The van der Waals surface area contributed by atoms with E-state index in [4.69, 9.17) is 22.7 Å². The van der Waals surface area contributed by atoms with Crippen LogP contribution in [0.15, 0.2) is 24.4 Å². The van der Waals surface area contributed by atoms with Gasteiger partial charge in [0, 0.05) is 17.5 Å². The van der Waals surface area contributed by atoms with E-state index >= 15 is 0 Å². The van der Waals surface area contributed by atoms with E-state index in [1.165, 1.54) is 12.4 Å². The number of hydrogen-bond acceptors (Lipinski definition) is 5. The summed E-state index contributed by atoms with van der Waals surface area (Å²) >= 11 is 5.98. The molecule has 1 aromatic carbocycles. The molecule has 1 aromatic heterocycles. The van der Waals surface area contributed by atoms with Crippen LogP contribution in [0.3, 0.4) is 0 Å². The zero-order valence-electron chi connectivity index (χ0n) is 9.74. The number of anilines is 3. The molecule has 2 rings (SSSR count). The predicted molar refractivity (Wildman–Crippen MR) is 73.8 cm³/mol. The lowest BCUT2D eigenvalue weighted by Gasteiger charge is -2.11. The minimum absolute atomic E-state index is 0.144. The number of rotatable bonds is 3. The molecule has 1 heterocycles. The molecule has 0 aliphatic rings. The molecule has 6 heteroatoms. The van der Waals surface area contributed by atoms with Crippen molar-refractivity contribution in [3.8, 4) is 0 Å². The van der Waals surface area contributed by atoms with E-state index in [9.17, 15) is 0 Å². The van der Waals surface area contributed by atoms with Gasteiger partial charge in [0.2, 0.25) is 5.95 Å². The van der Waals surface area contributed by atoms with Gasteiger partial charge < -0.3 is 16.5 Å². The number of aromatic nitrogens is 2. The van der Waals surface area contributed by atoms with Crippen LogP contribution >= 0.6 is 11.6 Å². The monoisotopic (exact) mass is 261 g/mol. The van der Waals surface area contributed by atoms with Crippen LogP contribution in [0.25, 0.3) is 0 Å². The van der Waals surface area contributed by atoms with Crippen LogP contribution in [0.4, 0.5) is 17.5 Å². The highest BCUT2D eigenvalue weighted by molar-refractivity contribution is 6.32. The van der Waals surface area contributed by atoms with Crippen LogP contribution in [0.2, 0.25) is 5.02 Å². The van der Waals surface area contributed by atoms with E-state index in [0.717, 1.165) is 16.8 Å². The summed E-state index contributed by atoms with van der Waals surface area (Å²) in [6.45, 7) is 1.97. The molecule has 0 fully saturated rings. The van der Waals surface area contributed by atoms with E-state index < -0.39 is 0 Å². The summed E-state index contributed by atoms with van der Waals surface area (Å²) in [7, 11) is 0. The van der Waals surface area contributed by atoms with Gasteiger partial charge in [-0.1, -0.05) is 23.7 Å². The minimum atomic E-state index is 0.144. The van der Waals surface area contributed by atoms with Gasteiger partial charge >= 0.3 is 0 Å². The van der Waals surface area contributed by atoms with Crippen molar-refractivity contribution >= 4 is 35.3 Å². The van der Waals surface area contributed by atoms with Crippen molar-refractivity contribution in [1.82, 2.24) is 9.97 Å². The van der Waals surface area contributed by atoms with Crippen LogP contribution in [0.5, 0.6) is 0 Å². The van der Waals surface area contributed by atoms with Crippen molar-refractivity contribution in [1.29, 1.82) is 5.41 Å². The lowest BCUT2D eigenvalue weighted by atomic mass is 10.1. The van der Waals surface area contributed by atoms with Crippen molar-refractivity contribution in [3.05, 3.63) is 40.5 Å². The summed E-state index contributed by atoms with van der Waals surface area (Å²) in [5, 5.41) is 10.8. The molecule has 2 aromatic rings. The number of hydrogen-bond donors (Lipinski definition) is 3. The molecule has 92 valence electrons. The van der Waals surface area contributed by atoms with Gasteiger partial charge in [-0.3, -0.25) is 0 Å². The highest BCUT2D eigenvalue weighted by Crippen LogP contribution is 2.25. The Morgan fingerprint density at radius 1 is 1.44 bits per heavy atom. The second kappa shape index (κ2) is 5.01. The van der Waals surface area contributed by atoms with Gasteiger partial charge in [-0.05, 0) is 18.6 Å². The third-order valence-electron chi connectivity index (χ3n) is 2.38. The first kappa shape index (κ1) is 12.3. The first-order valence-corrected chi connectivity index (χ1v) is 5.64. The van der Waals surface area contributed by atoms with Gasteiger partial charge in [0.1, 0.15) is 5.02 Å². The lowest BCUT2D eigenvalue weighted by Crippen LogP contribution is -2.02. The molecule has 0 spiro atoms. The largest absolute Gasteiger partial charge is 0.368 e. The number of nitrogens with two attached hydrogens (primary N) is 1. The van der Waals surface area contributed by atoms with Gasteiger partial charge in [-0.15, -0.1) is 0 Å². The van der Waals surface area contributed by atoms with E-state index in [1.807, 2.05) is 25.1 Å². The minimum Gasteiger partial charge on any atom is -0.368 e. The Morgan fingerprint density at radius 3 is 2.94 bits per heavy atom. The molecule has 0 aliphatic heterocycles. The molecule has 0 radical (unpaired) electrons.